The van der Waals surface area contributed by atoms with Crippen molar-refractivity contribution in [2.24, 2.45) is 0 Å². The molecule has 1 rings (SSSR count). The molecule has 0 fully saturated rings. The van der Waals surface area contributed by atoms with E-state index in [1.165, 1.54) is 32.1 Å². The van der Waals surface area contributed by atoms with Crippen molar-refractivity contribution in [3.8, 4) is 11.5 Å². The third kappa shape index (κ3) is 5.14. The van der Waals surface area contributed by atoms with Crippen LogP contribution in [-0.2, 0) is 0 Å². The molecule has 0 aromatic heterocycles. The summed E-state index contributed by atoms with van der Waals surface area (Å²) in [6.07, 6.45) is 7.55. The normalized spacial score (nSPS) is 12.4. The monoisotopic (exact) mass is 264 g/mol. The van der Waals surface area contributed by atoms with Gasteiger partial charge in [0.15, 0.2) is 0 Å². The molecule has 1 aromatic carbocycles. The molecule has 108 valence electrons. The molecule has 2 nitrogen and oxygen atoms in total. The van der Waals surface area contributed by atoms with Crippen LogP contribution in [0.1, 0.15) is 70.8 Å². The lowest BCUT2D eigenvalue weighted by Gasteiger charge is -2.17. The Kier molecular flexibility index (Phi) is 7.39. The molecule has 19 heavy (non-hydrogen) atoms. The number of hydrogen-bond donors (Lipinski definition) is 1. The van der Waals surface area contributed by atoms with E-state index in [9.17, 15) is 5.11 Å². The van der Waals surface area contributed by atoms with Crippen LogP contribution in [0.2, 0.25) is 0 Å². The molecule has 0 aliphatic carbocycles. The molecule has 1 atom stereocenters. The van der Waals surface area contributed by atoms with Crippen LogP contribution in [0.3, 0.4) is 0 Å². The van der Waals surface area contributed by atoms with Crippen molar-refractivity contribution in [3.63, 3.8) is 0 Å². The Balaban J connectivity index is 2.57. The first-order valence-corrected chi connectivity index (χ1v) is 7.65. The Bertz CT molecular complexity index is 360. The summed E-state index contributed by atoms with van der Waals surface area (Å²) in [5.74, 6) is 1.56. The topological polar surface area (TPSA) is 29.5 Å². The molecule has 0 saturated heterocycles. The molecule has 0 spiro atoms. The van der Waals surface area contributed by atoms with Crippen molar-refractivity contribution in [1.82, 2.24) is 0 Å². The predicted octanol–water partition coefficient (Wildman–Crippen LogP) is 5.25. The van der Waals surface area contributed by atoms with Crippen LogP contribution < -0.4 is 4.74 Å². The summed E-state index contributed by atoms with van der Waals surface area (Å²) in [4.78, 5) is 0. The van der Waals surface area contributed by atoms with Gasteiger partial charge in [-0.3, -0.25) is 0 Å². The standard InChI is InChI=1S/C17H28O2/c1-4-6-7-8-9-11-14(3)17-15(18)12-10-13-16(17)19-5-2/h10,12-14,18H,4-9,11H2,1-3H3. The maximum absolute atomic E-state index is 10.0. The third-order valence-electron chi connectivity index (χ3n) is 3.58. The van der Waals surface area contributed by atoms with Crippen LogP contribution in [-0.4, -0.2) is 11.7 Å². The SMILES string of the molecule is CCCCCCCC(C)c1c(O)cccc1OCC. The van der Waals surface area contributed by atoms with Crippen LogP contribution in [0, 0.1) is 0 Å². The van der Waals surface area contributed by atoms with Gasteiger partial charge in [-0.15, -0.1) is 0 Å². The number of aromatic hydroxyl groups is 1. The minimum Gasteiger partial charge on any atom is -0.508 e. The highest BCUT2D eigenvalue weighted by molar-refractivity contribution is 5.46. The zero-order valence-electron chi connectivity index (χ0n) is 12.6. The highest BCUT2D eigenvalue weighted by atomic mass is 16.5. The molecule has 0 aliphatic heterocycles. The Morgan fingerprint density at radius 1 is 1.11 bits per heavy atom. The average molecular weight is 264 g/mol. The lowest BCUT2D eigenvalue weighted by atomic mass is 9.93. The van der Waals surface area contributed by atoms with E-state index in [0.29, 0.717) is 18.3 Å². The fourth-order valence-corrected chi connectivity index (χ4v) is 2.51. The minimum absolute atomic E-state index is 0.351. The second kappa shape index (κ2) is 8.84. The molecule has 0 heterocycles. The number of benzene rings is 1. The fourth-order valence-electron chi connectivity index (χ4n) is 2.51. The first-order valence-electron chi connectivity index (χ1n) is 7.65. The lowest BCUT2D eigenvalue weighted by Crippen LogP contribution is -2.01. The molecular formula is C17H28O2. The molecule has 0 bridgehead atoms. The number of phenolic OH excluding ortho intramolecular Hbond substituents is 1. The van der Waals surface area contributed by atoms with E-state index in [1.54, 1.807) is 6.07 Å². The van der Waals surface area contributed by atoms with Crippen molar-refractivity contribution in [2.75, 3.05) is 6.61 Å². The number of phenols is 1. The van der Waals surface area contributed by atoms with Crippen molar-refractivity contribution >= 4 is 0 Å². The van der Waals surface area contributed by atoms with Gasteiger partial charge < -0.3 is 9.84 Å². The van der Waals surface area contributed by atoms with Crippen LogP contribution >= 0.6 is 0 Å². The van der Waals surface area contributed by atoms with Crippen LogP contribution in [0.25, 0.3) is 0 Å². The van der Waals surface area contributed by atoms with E-state index in [-0.39, 0.29) is 0 Å². The van der Waals surface area contributed by atoms with Gasteiger partial charge in [-0.25, -0.2) is 0 Å². The van der Waals surface area contributed by atoms with Crippen LogP contribution in [0.15, 0.2) is 18.2 Å². The number of ether oxygens (including phenoxy) is 1. The Morgan fingerprint density at radius 3 is 2.53 bits per heavy atom. The van der Waals surface area contributed by atoms with E-state index in [0.717, 1.165) is 17.7 Å². The van der Waals surface area contributed by atoms with E-state index in [2.05, 4.69) is 13.8 Å². The van der Waals surface area contributed by atoms with E-state index < -0.39 is 0 Å². The molecule has 0 radical (unpaired) electrons. The van der Waals surface area contributed by atoms with Gasteiger partial charge in [-0.1, -0.05) is 52.0 Å². The average Bonchev–Trinajstić information content (AvgIpc) is 2.39. The van der Waals surface area contributed by atoms with Gasteiger partial charge in [-0.2, -0.15) is 0 Å². The molecular weight excluding hydrogens is 236 g/mol. The molecule has 2 heteroatoms. The second-order valence-electron chi connectivity index (χ2n) is 5.23. The summed E-state index contributed by atoms with van der Waals surface area (Å²) in [5.41, 5.74) is 0.972. The van der Waals surface area contributed by atoms with Crippen molar-refractivity contribution in [2.45, 2.75) is 65.2 Å². The van der Waals surface area contributed by atoms with Crippen LogP contribution in [0.5, 0.6) is 11.5 Å². The van der Waals surface area contributed by atoms with Gasteiger partial charge >= 0.3 is 0 Å². The van der Waals surface area contributed by atoms with Crippen molar-refractivity contribution < 1.29 is 9.84 Å². The molecule has 0 saturated carbocycles. The van der Waals surface area contributed by atoms with Gasteiger partial charge in [0.05, 0.1) is 6.61 Å². The second-order valence-corrected chi connectivity index (χ2v) is 5.23. The molecule has 0 amide bonds. The Morgan fingerprint density at radius 2 is 1.84 bits per heavy atom. The third-order valence-corrected chi connectivity index (χ3v) is 3.58. The summed E-state index contributed by atoms with van der Waals surface area (Å²) in [5, 5.41) is 10.0. The lowest BCUT2D eigenvalue weighted by molar-refractivity contribution is 0.329. The summed E-state index contributed by atoms with van der Waals surface area (Å²) in [7, 11) is 0. The highest BCUT2D eigenvalue weighted by Crippen LogP contribution is 2.37. The molecule has 1 aromatic rings. The van der Waals surface area contributed by atoms with Gasteiger partial charge in [0.1, 0.15) is 11.5 Å². The maximum Gasteiger partial charge on any atom is 0.126 e. The van der Waals surface area contributed by atoms with Crippen LogP contribution in [0.4, 0.5) is 0 Å². The van der Waals surface area contributed by atoms with E-state index >= 15 is 0 Å². The van der Waals surface area contributed by atoms with Gasteiger partial charge in [-0.05, 0) is 31.4 Å². The minimum atomic E-state index is 0.351. The zero-order valence-corrected chi connectivity index (χ0v) is 12.6. The quantitative estimate of drug-likeness (QED) is 0.617. The first-order chi connectivity index (χ1) is 9.20. The highest BCUT2D eigenvalue weighted by Gasteiger charge is 2.15. The smallest absolute Gasteiger partial charge is 0.126 e. The Hall–Kier alpha value is -1.18. The fraction of sp³-hybridized carbons (Fsp3) is 0.647. The maximum atomic E-state index is 10.0. The number of rotatable bonds is 9. The first kappa shape index (κ1) is 15.9. The van der Waals surface area contributed by atoms with E-state index in [4.69, 9.17) is 4.74 Å². The summed E-state index contributed by atoms with van der Waals surface area (Å²) >= 11 is 0. The number of hydrogen-bond acceptors (Lipinski definition) is 2. The number of unbranched alkanes of at least 4 members (excludes halogenated alkanes) is 4. The zero-order chi connectivity index (χ0) is 14.1. The molecule has 1 N–H and O–H groups in total. The van der Waals surface area contributed by atoms with Gasteiger partial charge in [0.2, 0.25) is 0 Å². The van der Waals surface area contributed by atoms with Gasteiger partial charge in [0.25, 0.3) is 0 Å². The molecule has 1 unspecified atom stereocenters. The largest absolute Gasteiger partial charge is 0.508 e. The predicted molar refractivity (Wildman–Crippen MR) is 81.1 cm³/mol. The van der Waals surface area contributed by atoms with Crippen molar-refractivity contribution in [1.29, 1.82) is 0 Å². The summed E-state index contributed by atoms with van der Waals surface area (Å²) < 4.78 is 5.62. The van der Waals surface area contributed by atoms with Crippen molar-refractivity contribution in [3.05, 3.63) is 23.8 Å². The van der Waals surface area contributed by atoms with Gasteiger partial charge in [0, 0.05) is 5.56 Å². The Labute approximate surface area is 117 Å². The summed E-state index contributed by atoms with van der Waals surface area (Å²) in [6, 6.07) is 5.55. The summed E-state index contributed by atoms with van der Waals surface area (Å²) in [6.45, 7) is 7.03. The van der Waals surface area contributed by atoms with E-state index in [1.807, 2.05) is 19.1 Å². The molecule has 0 aliphatic rings.